The molecule has 4 aromatic rings. The predicted molar refractivity (Wildman–Crippen MR) is 164 cm³/mol. The van der Waals surface area contributed by atoms with Crippen LogP contribution in [-0.2, 0) is 6.42 Å². The van der Waals surface area contributed by atoms with E-state index in [-0.39, 0.29) is 17.1 Å². The highest BCUT2D eigenvalue weighted by Gasteiger charge is 2.49. The van der Waals surface area contributed by atoms with Gasteiger partial charge in [0.05, 0.1) is 11.1 Å². The second-order valence-corrected chi connectivity index (χ2v) is 12.9. The van der Waals surface area contributed by atoms with Crippen molar-refractivity contribution in [3.8, 4) is 22.9 Å². The van der Waals surface area contributed by atoms with Crippen molar-refractivity contribution in [3.63, 3.8) is 0 Å². The SMILES string of the molecule is CCc1c(F)ccc2cc(O)cc(-c3ccc4c(N5CC6CCNC6C5)nc(OC[C@@]56CCCN5C[C@H](F)C6)nc4c3)c12. The van der Waals surface area contributed by atoms with Gasteiger partial charge in [0.15, 0.2) is 0 Å². The maximum atomic E-state index is 14.9. The quantitative estimate of drug-likeness (QED) is 0.305. The molecule has 2 unspecified atom stereocenters. The average molecular weight is 586 g/mol. The number of ether oxygens (including phenoxy) is 1. The van der Waals surface area contributed by atoms with Gasteiger partial charge in [0.1, 0.15) is 30.2 Å². The summed E-state index contributed by atoms with van der Waals surface area (Å²) in [6.07, 6.45) is 3.31. The van der Waals surface area contributed by atoms with Crippen LogP contribution in [0.5, 0.6) is 11.8 Å². The van der Waals surface area contributed by atoms with Gasteiger partial charge in [-0.2, -0.15) is 9.97 Å². The Hall–Kier alpha value is -3.56. The largest absolute Gasteiger partial charge is 0.508 e. The van der Waals surface area contributed by atoms with E-state index in [1.165, 1.54) is 6.07 Å². The molecule has 7 nitrogen and oxygen atoms in total. The van der Waals surface area contributed by atoms with Gasteiger partial charge in [-0.15, -0.1) is 0 Å². The molecule has 0 saturated carbocycles. The van der Waals surface area contributed by atoms with Crippen LogP contribution in [0, 0.1) is 11.7 Å². The van der Waals surface area contributed by atoms with E-state index in [1.54, 1.807) is 18.2 Å². The Balaban J connectivity index is 1.23. The monoisotopic (exact) mass is 585 g/mol. The number of anilines is 1. The van der Waals surface area contributed by atoms with Crippen LogP contribution < -0.4 is 15.0 Å². The molecule has 3 aromatic carbocycles. The minimum atomic E-state index is -0.828. The number of fused-ring (bicyclic) bond motifs is 4. The lowest BCUT2D eigenvalue weighted by atomic mass is 9.92. The van der Waals surface area contributed by atoms with Crippen molar-refractivity contribution < 1.29 is 18.6 Å². The van der Waals surface area contributed by atoms with Gasteiger partial charge in [-0.3, -0.25) is 4.90 Å². The fraction of sp³-hybridized carbons (Fsp3) is 0.471. The van der Waals surface area contributed by atoms with E-state index in [0.29, 0.717) is 49.5 Å². The molecule has 2 N–H and O–H groups in total. The highest BCUT2D eigenvalue weighted by molar-refractivity contribution is 6.02. The van der Waals surface area contributed by atoms with Crippen molar-refractivity contribution in [2.75, 3.05) is 44.2 Å². The smallest absolute Gasteiger partial charge is 0.319 e. The third-order valence-corrected chi connectivity index (χ3v) is 10.4. The topological polar surface area (TPSA) is 73.8 Å². The van der Waals surface area contributed by atoms with Crippen LogP contribution in [0.4, 0.5) is 14.6 Å². The minimum Gasteiger partial charge on any atom is -0.508 e. The average Bonchev–Trinajstić information content (AvgIpc) is 3.76. The summed E-state index contributed by atoms with van der Waals surface area (Å²) in [5.41, 5.74) is 2.65. The molecule has 4 fully saturated rings. The molecule has 43 heavy (non-hydrogen) atoms. The molecule has 4 atom stereocenters. The van der Waals surface area contributed by atoms with Crippen molar-refractivity contribution >= 4 is 27.5 Å². The van der Waals surface area contributed by atoms with Crippen LogP contribution in [0.15, 0.2) is 42.5 Å². The van der Waals surface area contributed by atoms with E-state index >= 15 is 0 Å². The van der Waals surface area contributed by atoms with Crippen LogP contribution in [0.2, 0.25) is 0 Å². The van der Waals surface area contributed by atoms with Crippen LogP contribution in [-0.4, -0.2) is 77.1 Å². The maximum Gasteiger partial charge on any atom is 0.319 e. The van der Waals surface area contributed by atoms with Gasteiger partial charge in [-0.25, -0.2) is 8.78 Å². The molecule has 5 heterocycles. The molecule has 9 heteroatoms. The summed E-state index contributed by atoms with van der Waals surface area (Å²) in [6.45, 7) is 6.52. The van der Waals surface area contributed by atoms with E-state index in [4.69, 9.17) is 14.7 Å². The fourth-order valence-corrected chi connectivity index (χ4v) is 8.31. The van der Waals surface area contributed by atoms with Gasteiger partial charge in [0, 0.05) is 37.5 Å². The molecule has 0 aliphatic carbocycles. The Bertz CT molecular complexity index is 1720. The highest BCUT2D eigenvalue weighted by atomic mass is 19.1. The number of benzene rings is 3. The number of aromatic nitrogens is 2. The van der Waals surface area contributed by atoms with Gasteiger partial charge in [-0.05, 0) is 102 Å². The third kappa shape index (κ3) is 4.51. The maximum absolute atomic E-state index is 14.9. The Labute approximate surface area is 249 Å². The van der Waals surface area contributed by atoms with E-state index in [1.807, 2.05) is 25.1 Å². The van der Waals surface area contributed by atoms with Gasteiger partial charge in [0.2, 0.25) is 0 Å². The number of aryl methyl sites for hydroxylation is 1. The first-order valence-electron chi connectivity index (χ1n) is 15.7. The number of rotatable bonds is 6. The molecule has 0 bridgehead atoms. The fourth-order valence-electron chi connectivity index (χ4n) is 8.31. The summed E-state index contributed by atoms with van der Waals surface area (Å²) >= 11 is 0. The zero-order valence-electron chi connectivity index (χ0n) is 24.5. The number of halogens is 2. The zero-order chi connectivity index (χ0) is 29.3. The minimum absolute atomic E-state index is 0.128. The molecule has 4 aliphatic heterocycles. The molecule has 0 amide bonds. The molecule has 0 spiro atoms. The molecule has 4 saturated heterocycles. The Morgan fingerprint density at radius 3 is 2.88 bits per heavy atom. The Morgan fingerprint density at radius 1 is 1.12 bits per heavy atom. The summed E-state index contributed by atoms with van der Waals surface area (Å²) in [4.78, 5) is 14.4. The van der Waals surface area contributed by atoms with Crippen LogP contribution in [0.3, 0.4) is 0 Å². The molecule has 224 valence electrons. The first kappa shape index (κ1) is 27.0. The van der Waals surface area contributed by atoms with Gasteiger partial charge in [0.25, 0.3) is 0 Å². The summed E-state index contributed by atoms with van der Waals surface area (Å²) in [5, 5.41) is 16.8. The standard InChI is InChI=1S/C34H37F2N5O2/c1-2-25-28(36)7-5-21-12-24(42)14-27(31(21)25)20-4-6-26-29(13-20)38-33(39-32(26)40-16-22-8-10-37-30(22)18-40)43-19-34-9-3-11-41(34)17-23(35)15-34/h4-7,12-14,22-23,30,37,42H,2-3,8-11,15-19H2,1H3/t22?,23-,30?,34+/m1/s1. The van der Waals surface area contributed by atoms with E-state index in [9.17, 15) is 13.9 Å². The van der Waals surface area contributed by atoms with E-state index < -0.39 is 6.17 Å². The number of hydrogen-bond donors (Lipinski definition) is 2. The van der Waals surface area contributed by atoms with Crippen molar-refractivity contribution in [2.45, 2.75) is 56.8 Å². The Morgan fingerprint density at radius 2 is 2.02 bits per heavy atom. The van der Waals surface area contributed by atoms with Crippen molar-refractivity contribution in [3.05, 3.63) is 53.8 Å². The second kappa shape index (κ2) is 10.3. The molecule has 8 rings (SSSR count). The molecule has 4 aliphatic rings. The third-order valence-electron chi connectivity index (χ3n) is 10.4. The van der Waals surface area contributed by atoms with Crippen LogP contribution in [0.25, 0.3) is 32.8 Å². The number of nitrogens with zero attached hydrogens (tertiary/aromatic N) is 4. The lowest BCUT2D eigenvalue weighted by Crippen LogP contribution is -2.43. The van der Waals surface area contributed by atoms with Crippen LogP contribution in [0.1, 0.15) is 38.2 Å². The number of phenols is 1. The molecule has 0 radical (unpaired) electrons. The number of aromatic hydroxyl groups is 1. The van der Waals surface area contributed by atoms with Crippen molar-refractivity contribution in [1.82, 2.24) is 20.2 Å². The summed E-state index contributed by atoms with van der Waals surface area (Å²) in [5.74, 6) is 1.31. The summed E-state index contributed by atoms with van der Waals surface area (Å²) in [7, 11) is 0. The van der Waals surface area contributed by atoms with Gasteiger partial charge >= 0.3 is 6.01 Å². The van der Waals surface area contributed by atoms with Crippen molar-refractivity contribution in [1.29, 1.82) is 0 Å². The normalized spacial score (nSPS) is 27.0. The van der Waals surface area contributed by atoms with E-state index in [2.05, 4.69) is 15.1 Å². The highest BCUT2D eigenvalue weighted by Crippen LogP contribution is 2.42. The zero-order valence-corrected chi connectivity index (χ0v) is 24.5. The molecular weight excluding hydrogens is 548 g/mol. The van der Waals surface area contributed by atoms with Gasteiger partial charge in [-0.1, -0.05) is 19.1 Å². The number of hydrogen-bond acceptors (Lipinski definition) is 7. The van der Waals surface area contributed by atoms with Gasteiger partial charge < -0.3 is 20.1 Å². The lowest BCUT2D eigenvalue weighted by molar-refractivity contribution is 0.107. The second-order valence-electron chi connectivity index (χ2n) is 12.9. The van der Waals surface area contributed by atoms with Crippen molar-refractivity contribution in [2.24, 2.45) is 5.92 Å². The number of nitrogens with one attached hydrogen (secondary N) is 1. The molecule has 1 aromatic heterocycles. The van der Waals surface area contributed by atoms with Crippen LogP contribution >= 0.6 is 0 Å². The summed E-state index contributed by atoms with van der Waals surface area (Å²) < 4.78 is 35.8. The first-order chi connectivity index (χ1) is 20.9. The molecular formula is C34H37F2N5O2. The Kier molecular flexibility index (Phi) is 6.45. The first-order valence-corrected chi connectivity index (χ1v) is 15.7. The number of phenolic OH excluding ortho intramolecular Hbond substituents is 1. The number of alkyl halides is 1. The lowest BCUT2D eigenvalue weighted by Gasteiger charge is -2.31. The summed E-state index contributed by atoms with van der Waals surface area (Å²) in [6, 6.07) is 13.4. The van der Waals surface area contributed by atoms with E-state index in [0.717, 1.165) is 84.1 Å². The predicted octanol–water partition coefficient (Wildman–Crippen LogP) is 5.61.